The molecule has 0 atom stereocenters. The topological polar surface area (TPSA) is 55.2 Å². The first-order valence-corrected chi connectivity index (χ1v) is 5.75. The third kappa shape index (κ3) is 3.05. The molecule has 1 N–H and O–H groups in total. The molecule has 0 saturated heterocycles. The van der Waals surface area contributed by atoms with Gasteiger partial charge in [0.25, 0.3) is 5.82 Å². The fourth-order valence-corrected chi connectivity index (χ4v) is 1.61. The summed E-state index contributed by atoms with van der Waals surface area (Å²) in [5.41, 5.74) is 0.570. The molecule has 0 bridgehead atoms. The van der Waals surface area contributed by atoms with Crippen molar-refractivity contribution in [2.75, 3.05) is 7.11 Å². The Morgan fingerprint density at radius 3 is 2.85 bits per heavy atom. The minimum absolute atomic E-state index is 0.239. The molecule has 0 aliphatic heterocycles. The summed E-state index contributed by atoms with van der Waals surface area (Å²) in [6.45, 7) is 0. The highest BCUT2D eigenvalue weighted by Gasteiger charge is 2.37. The van der Waals surface area contributed by atoms with Gasteiger partial charge in [0.05, 0.1) is 13.3 Å². The molecule has 1 aromatic carbocycles. The van der Waals surface area contributed by atoms with Crippen LogP contribution in [0.5, 0.6) is 5.75 Å². The molecule has 20 heavy (non-hydrogen) atoms. The summed E-state index contributed by atoms with van der Waals surface area (Å²) in [6, 6.07) is 6.70. The second-order valence-corrected chi connectivity index (χ2v) is 4.07. The fraction of sp³-hybridized carbons (Fsp3) is 0.182. The average molecular weight is 302 g/mol. The number of benzene rings is 1. The van der Waals surface area contributed by atoms with Crippen LogP contribution in [-0.2, 0) is 6.18 Å². The molecule has 0 aliphatic carbocycles. The van der Waals surface area contributed by atoms with E-state index in [0.29, 0.717) is 16.0 Å². The summed E-state index contributed by atoms with van der Waals surface area (Å²) in [4.78, 5) is 0. The van der Waals surface area contributed by atoms with Gasteiger partial charge >= 0.3 is 6.18 Å². The molecule has 9 heteroatoms. The maximum Gasteiger partial charge on any atom is 0.453 e. The van der Waals surface area contributed by atoms with Crippen molar-refractivity contribution in [3.63, 3.8) is 0 Å². The van der Waals surface area contributed by atoms with Crippen LogP contribution in [0.1, 0.15) is 11.4 Å². The van der Waals surface area contributed by atoms with E-state index in [1.54, 1.807) is 24.3 Å². The fourth-order valence-electron chi connectivity index (χ4n) is 1.43. The van der Waals surface area contributed by atoms with Gasteiger partial charge in [0.15, 0.2) is 0 Å². The number of alkyl halides is 3. The Morgan fingerprint density at radius 2 is 2.20 bits per heavy atom. The van der Waals surface area contributed by atoms with Crippen molar-refractivity contribution in [3.05, 3.63) is 40.4 Å². The van der Waals surface area contributed by atoms with Gasteiger partial charge in [-0.3, -0.25) is 0 Å². The highest BCUT2D eigenvalue weighted by Crippen LogP contribution is 2.27. The number of halogens is 3. The van der Waals surface area contributed by atoms with Gasteiger partial charge in [-0.25, -0.2) is 5.10 Å². The lowest BCUT2D eigenvalue weighted by Gasteiger charge is -2.04. The minimum Gasteiger partial charge on any atom is -0.497 e. The molecule has 1 aromatic heterocycles. The van der Waals surface area contributed by atoms with E-state index in [0.717, 1.165) is 0 Å². The molecule has 106 valence electrons. The zero-order valence-corrected chi connectivity index (χ0v) is 11.0. The Morgan fingerprint density at radius 1 is 1.45 bits per heavy atom. The number of nitrogens with one attached hydrogen (secondary N) is 1. The predicted molar refractivity (Wildman–Crippen MR) is 68.4 cm³/mol. The van der Waals surface area contributed by atoms with Gasteiger partial charge in [0, 0.05) is 0 Å². The molecule has 0 fully saturated rings. The standard InChI is InChI=1S/C11H9F3N4OS/c1-19-8-4-2-3-7(5-8)6-15-18-9(11(12,13)14)16-17-10(18)20/h2-6H,1H3,(H,17,20)/b15-6-. The van der Waals surface area contributed by atoms with E-state index in [1.807, 2.05) is 0 Å². The Labute approximate surface area is 116 Å². The van der Waals surface area contributed by atoms with Gasteiger partial charge in [0.2, 0.25) is 4.77 Å². The second kappa shape index (κ2) is 5.45. The van der Waals surface area contributed by atoms with Crippen molar-refractivity contribution in [2.24, 2.45) is 5.10 Å². The van der Waals surface area contributed by atoms with Crippen LogP contribution in [0.25, 0.3) is 0 Å². The quantitative estimate of drug-likeness (QED) is 0.700. The van der Waals surface area contributed by atoms with Gasteiger partial charge in [-0.1, -0.05) is 12.1 Å². The summed E-state index contributed by atoms with van der Waals surface area (Å²) in [5.74, 6) is -0.637. The first kappa shape index (κ1) is 14.3. The third-order valence-electron chi connectivity index (χ3n) is 2.32. The summed E-state index contributed by atoms with van der Waals surface area (Å²) >= 11 is 4.71. The highest BCUT2D eigenvalue weighted by atomic mass is 32.1. The molecule has 5 nitrogen and oxygen atoms in total. The molecule has 0 saturated carbocycles. The van der Waals surface area contributed by atoms with Crippen molar-refractivity contribution in [1.29, 1.82) is 0 Å². The van der Waals surface area contributed by atoms with E-state index in [4.69, 9.17) is 17.0 Å². The van der Waals surface area contributed by atoms with Crippen LogP contribution < -0.4 is 4.74 Å². The Bertz CT molecular complexity index is 689. The van der Waals surface area contributed by atoms with E-state index in [1.165, 1.54) is 13.3 Å². The van der Waals surface area contributed by atoms with Crippen LogP contribution in [-0.4, -0.2) is 28.2 Å². The lowest BCUT2D eigenvalue weighted by Crippen LogP contribution is -2.12. The number of rotatable bonds is 3. The molecule has 0 spiro atoms. The van der Waals surface area contributed by atoms with Crippen molar-refractivity contribution < 1.29 is 17.9 Å². The smallest absolute Gasteiger partial charge is 0.453 e. The van der Waals surface area contributed by atoms with Crippen LogP contribution in [0.3, 0.4) is 0 Å². The maximum absolute atomic E-state index is 12.7. The Hall–Kier alpha value is -2.16. The van der Waals surface area contributed by atoms with Crippen LogP contribution in [0.15, 0.2) is 29.4 Å². The molecule has 0 amide bonds. The number of ether oxygens (including phenoxy) is 1. The van der Waals surface area contributed by atoms with Gasteiger partial charge in [-0.05, 0) is 29.9 Å². The number of nitrogens with zero attached hydrogens (tertiary/aromatic N) is 3. The number of methoxy groups -OCH3 is 1. The highest BCUT2D eigenvalue weighted by molar-refractivity contribution is 7.71. The number of aromatic amines is 1. The van der Waals surface area contributed by atoms with E-state index < -0.39 is 12.0 Å². The molecule has 2 rings (SSSR count). The summed E-state index contributed by atoms with van der Waals surface area (Å²) < 4.78 is 43.3. The number of hydrogen-bond donors (Lipinski definition) is 1. The zero-order chi connectivity index (χ0) is 14.8. The lowest BCUT2D eigenvalue weighted by molar-refractivity contribution is -0.147. The average Bonchev–Trinajstić information content (AvgIpc) is 2.78. The summed E-state index contributed by atoms with van der Waals surface area (Å²) in [7, 11) is 1.49. The van der Waals surface area contributed by atoms with Crippen molar-refractivity contribution in [2.45, 2.75) is 6.18 Å². The first-order valence-electron chi connectivity index (χ1n) is 5.35. The van der Waals surface area contributed by atoms with Crippen molar-refractivity contribution >= 4 is 18.4 Å². The first-order chi connectivity index (χ1) is 9.41. The number of aromatic nitrogens is 3. The SMILES string of the molecule is COc1cccc(/C=N\n2c(C(F)(F)F)n[nH]c2=S)c1. The zero-order valence-electron chi connectivity index (χ0n) is 10.2. The monoisotopic (exact) mass is 302 g/mol. The van der Waals surface area contributed by atoms with Gasteiger partial charge in [-0.2, -0.15) is 22.9 Å². The lowest BCUT2D eigenvalue weighted by atomic mass is 10.2. The van der Waals surface area contributed by atoms with Gasteiger partial charge in [0.1, 0.15) is 5.75 Å². The van der Waals surface area contributed by atoms with E-state index in [-0.39, 0.29) is 4.77 Å². The summed E-state index contributed by atoms with van der Waals surface area (Å²) in [6.07, 6.45) is -3.40. The molecule has 0 unspecified atom stereocenters. The number of hydrogen-bond acceptors (Lipinski definition) is 4. The van der Waals surface area contributed by atoms with Crippen molar-refractivity contribution in [1.82, 2.24) is 14.9 Å². The van der Waals surface area contributed by atoms with E-state index in [2.05, 4.69) is 15.3 Å². The molecular weight excluding hydrogens is 293 g/mol. The third-order valence-corrected chi connectivity index (χ3v) is 2.58. The van der Waals surface area contributed by atoms with Crippen molar-refractivity contribution in [3.8, 4) is 5.75 Å². The van der Waals surface area contributed by atoms with Gasteiger partial charge in [-0.15, -0.1) is 5.10 Å². The van der Waals surface area contributed by atoms with Crippen LogP contribution >= 0.6 is 12.2 Å². The maximum atomic E-state index is 12.7. The molecule has 1 heterocycles. The second-order valence-electron chi connectivity index (χ2n) is 3.68. The minimum atomic E-state index is -4.64. The molecular formula is C11H9F3N4OS. The van der Waals surface area contributed by atoms with Crippen LogP contribution in [0, 0.1) is 4.77 Å². The summed E-state index contributed by atoms with van der Waals surface area (Å²) in [5, 5.41) is 8.87. The Kier molecular flexibility index (Phi) is 3.89. The number of H-pyrrole nitrogens is 1. The normalized spacial score (nSPS) is 12.0. The molecule has 0 radical (unpaired) electrons. The van der Waals surface area contributed by atoms with E-state index >= 15 is 0 Å². The molecule has 0 aliphatic rings. The van der Waals surface area contributed by atoms with E-state index in [9.17, 15) is 13.2 Å². The predicted octanol–water partition coefficient (Wildman–Crippen LogP) is 2.85. The Balaban J connectivity index is 2.36. The largest absolute Gasteiger partial charge is 0.497 e. The van der Waals surface area contributed by atoms with Crippen LogP contribution in [0.2, 0.25) is 0 Å². The molecule has 2 aromatic rings. The van der Waals surface area contributed by atoms with Crippen LogP contribution in [0.4, 0.5) is 13.2 Å². The van der Waals surface area contributed by atoms with Gasteiger partial charge < -0.3 is 4.74 Å².